The van der Waals surface area contributed by atoms with Crippen molar-refractivity contribution in [3.8, 4) is 0 Å². The van der Waals surface area contributed by atoms with Crippen LogP contribution in [0, 0.1) is 5.92 Å². The summed E-state index contributed by atoms with van der Waals surface area (Å²) in [4.78, 5) is 13.8. The number of nitrogens with two attached hydrogens (primary N) is 1. The lowest BCUT2D eigenvalue weighted by Gasteiger charge is -2.32. The quantitative estimate of drug-likeness (QED) is 0.645. The molecule has 1 atom stereocenters. The van der Waals surface area contributed by atoms with Gasteiger partial charge in [-0.15, -0.1) is 0 Å². The first-order chi connectivity index (χ1) is 7.49. The molecule has 1 aliphatic rings. The number of piperidine rings is 1. The van der Waals surface area contributed by atoms with Crippen LogP contribution in [0.25, 0.3) is 0 Å². The molecule has 3 N–H and O–H groups in total. The van der Waals surface area contributed by atoms with Crippen LogP contribution in [0.15, 0.2) is 0 Å². The smallest absolute Gasteiger partial charge is 0.235 e. The van der Waals surface area contributed by atoms with Crippen molar-refractivity contribution in [3.05, 3.63) is 0 Å². The molecule has 1 fully saturated rings. The molecule has 0 radical (unpaired) electrons. The van der Waals surface area contributed by atoms with E-state index >= 15 is 0 Å². The highest BCUT2D eigenvalue weighted by Crippen LogP contribution is 2.20. The zero-order valence-corrected chi connectivity index (χ0v) is 10.6. The van der Waals surface area contributed by atoms with E-state index in [2.05, 4.69) is 17.4 Å². The van der Waals surface area contributed by atoms with Crippen LogP contribution in [0.5, 0.6) is 0 Å². The number of nitrogens with zero attached hydrogens (tertiary/aromatic N) is 2. The number of likely N-dealkylation sites (tertiary alicyclic amines) is 1. The van der Waals surface area contributed by atoms with Crippen LogP contribution in [0.3, 0.4) is 0 Å². The zero-order valence-electron chi connectivity index (χ0n) is 10.6. The second-order valence-electron chi connectivity index (χ2n) is 4.94. The summed E-state index contributed by atoms with van der Waals surface area (Å²) in [7, 11) is 5.73. The summed E-state index contributed by atoms with van der Waals surface area (Å²) in [5.41, 5.74) is 8.80. The van der Waals surface area contributed by atoms with Crippen LogP contribution in [0.4, 0.5) is 0 Å². The van der Waals surface area contributed by atoms with Crippen molar-refractivity contribution in [3.63, 3.8) is 0 Å². The van der Waals surface area contributed by atoms with Crippen molar-refractivity contribution in [2.45, 2.75) is 25.3 Å². The summed E-state index contributed by atoms with van der Waals surface area (Å²) in [6.07, 6.45) is 2.63. The van der Waals surface area contributed by atoms with Gasteiger partial charge in [0.2, 0.25) is 5.91 Å². The molecule has 0 bridgehead atoms. The molecule has 1 heterocycles. The van der Waals surface area contributed by atoms with Gasteiger partial charge in [-0.25, -0.2) is 5.01 Å². The summed E-state index contributed by atoms with van der Waals surface area (Å²) in [5.74, 6) is 0.501. The maximum atomic E-state index is 11.5. The van der Waals surface area contributed by atoms with Gasteiger partial charge in [-0.1, -0.05) is 0 Å². The highest BCUT2D eigenvalue weighted by atomic mass is 16.2. The van der Waals surface area contributed by atoms with Gasteiger partial charge in [-0.2, -0.15) is 0 Å². The molecule has 5 heteroatoms. The average Bonchev–Trinajstić information content (AvgIpc) is 2.16. The molecule has 1 aliphatic heterocycles. The van der Waals surface area contributed by atoms with Gasteiger partial charge in [0.1, 0.15) is 0 Å². The van der Waals surface area contributed by atoms with Crippen LogP contribution in [0.1, 0.15) is 19.3 Å². The Bertz CT molecular complexity index is 224. The van der Waals surface area contributed by atoms with Crippen molar-refractivity contribution in [1.29, 1.82) is 0 Å². The van der Waals surface area contributed by atoms with Gasteiger partial charge in [0, 0.05) is 26.6 Å². The van der Waals surface area contributed by atoms with Crippen molar-refractivity contribution in [2.24, 2.45) is 11.7 Å². The molecule has 1 unspecified atom stereocenters. The first kappa shape index (κ1) is 13.4. The number of carbonyl (C=O) groups is 1. The molecule has 0 aromatic heterocycles. The largest absolute Gasteiger partial charge is 0.327 e. The zero-order chi connectivity index (χ0) is 12.1. The summed E-state index contributed by atoms with van der Waals surface area (Å²) < 4.78 is 0. The van der Waals surface area contributed by atoms with Gasteiger partial charge in [-0.05, 0) is 38.9 Å². The average molecular weight is 228 g/mol. The van der Waals surface area contributed by atoms with Gasteiger partial charge >= 0.3 is 0 Å². The van der Waals surface area contributed by atoms with Crippen molar-refractivity contribution in [1.82, 2.24) is 15.3 Å². The summed E-state index contributed by atoms with van der Waals surface area (Å²) >= 11 is 0. The molecule has 94 valence electrons. The van der Waals surface area contributed by atoms with E-state index in [1.165, 1.54) is 0 Å². The molecule has 0 aromatic carbocycles. The summed E-state index contributed by atoms with van der Waals surface area (Å²) in [6, 6.07) is -0.00588. The lowest BCUT2D eigenvalue weighted by atomic mass is 9.88. The minimum absolute atomic E-state index is 0.00588. The maximum Gasteiger partial charge on any atom is 0.235 e. The Kier molecular flexibility index (Phi) is 5.18. The third-order valence-electron chi connectivity index (χ3n) is 3.14. The molecule has 0 saturated carbocycles. The molecule has 0 aromatic rings. The lowest BCUT2D eigenvalue weighted by molar-refractivity contribution is -0.125. The fourth-order valence-electron chi connectivity index (χ4n) is 2.13. The van der Waals surface area contributed by atoms with E-state index in [1.807, 2.05) is 0 Å². The van der Waals surface area contributed by atoms with Gasteiger partial charge in [-0.3, -0.25) is 10.2 Å². The number of hydrazine groups is 1. The van der Waals surface area contributed by atoms with E-state index < -0.39 is 0 Å². The van der Waals surface area contributed by atoms with Gasteiger partial charge in [0.15, 0.2) is 0 Å². The van der Waals surface area contributed by atoms with E-state index in [9.17, 15) is 4.79 Å². The second-order valence-corrected chi connectivity index (χ2v) is 4.94. The predicted octanol–water partition coefficient (Wildman–Crippen LogP) is -0.362. The topological polar surface area (TPSA) is 61.6 Å². The standard InChI is InChI=1S/C11H24N4O/c1-14(2)13-11(16)8-10(12)9-4-6-15(3)7-5-9/h9-10H,4-8,12H2,1-3H3,(H,13,16). The Morgan fingerprint density at radius 3 is 2.56 bits per heavy atom. The predicted molar refractivity (Wildman–Crippen MR) is 64.6 cm³/mol. The highest BCUT2D eigenvalue weighted by molar-refractivity contribution is 5.76. The Labute approximate surface area is 97.9 Å². The van der Waals surface area contributed by atoms with Crippen LogP contribution in [-0.2, 0) is 4.79 Å². The third-order valence-corrected chi connectivity index (χ3v) is 3.14. The molecule has 1 amide bonds. The van der Waals surface area contributed by atoms with Crippen LogP contribution < -0.4 is 11.2 Å². The molecule has 16 heavy (non-hydrogen) atoms. The van der Waals surface area contributed by atoms with Crippen LogP contribution >= 0.6 is 0 Å². The number of nitrogens with one attached hydrogen (secondary N) is 1. The van der Waals surface area contributed by atoms with E-state index in [0.717, 1.165) is 25.9 Å². The third kappa shape index (κ3) is 4.47. The highest BCUT2D eigenvalue weighted by Gasteiger charge is 2.24. The Hall–Kier alpha value is -0.650. The number of hydrogen-bond donors (Lipinski definition) is 2. The monoisotopic (exact) mass is 228 g/mol. The Morgan fingerprint density at radius 2 is 2.06 bits per heavy atom. The number of rotatable bonds is 4. The number of hydrogen-bond acceptors (Lipinski definition) is 4. The molecule has 5 nitrogen and oxygen atoms in total. The van der Waals surface area contributed by atoms with Crippen LogP contribution in [-0.4, -0.2) is 56.1 Å². The summed E-state index contributed by atoms with van der Waals surface area (Å²) in [6.45, 7) is 2.18. The van der Waals surface area contributed by atoms with E-state index in [0.29, 0.717) is 12.3 Å². The molecule has 1 rings (SSSR count). The maximum absolute atomic E-state index is 11.5. The van der Waals surface area contributed by atoms with Crippen molar-refractivity contribution < 1.29 is 4.79 Å². The lowest BCUT2D eigenvalue weighted by Crippen LogP contribution is -2.44. The Morgan fingerprint density at radius 1 is 1.50 bits per heavy atom. The first-order valence-electron chi connectivity index (χ1n) is 5.90. The molecule has 0 aliphatic carbocycles. The van der Waals surface area contributed by atoms with E-state index in [-0.39, 0.29) is 11.9 Å². The molecule has 1 saturated heterocycles. The van der Waals surface area contributed by atoms with E-state index in [1.54, 1.807) is 19.1 Å². The first-order valence-corrected chi connectivity index (χ1v) is 5.90. The van der Waals surface area contributed by atoms with Crippen LogP contribution in [0.2, 0.25) is 0 Å². The molecular formula is C11H24N4O. The van der Waals surface area contributed by atoms with Gasteiger partial charge < -0.3 is 10.6 Å². The number of amides is 1. The van der Waals surface area contributed by atoms with E-state index in [4.69, 9.17) is 5.73 Å². The van der Waals surface area contributed by atoms with Gasteiger partial charge in [0.25, 0.3) is 0 Å². The normalized spacial score (nSPS) is 21.1. The minimum atomic E-state index is -0.00588. The molecule has 0 spiro atoms. The SMILES string of the molecule is CN1CCC(C(N)CC(=O)NN(C)C)CC1. The second kappa shape index (κ2) is 6.18. The fourth-order valence-corrected chi connectivity index (χ4v) is 2.13. The number of carbonyl (C=O) groups excluding carboxylic acids is 1. The fraction of sp³-hybridized carbons (Fsp3) is 0.909. The minimum Gasteiger partial charge on any atom is -0.327 e. The molecular weight excluding hydrogens is 204 g/mol. The van der Waals surface area contributed by atoms with Gasteiger partial charge in [0.05, 0.1) is 0 Å². The Balaban J connectivity index is 2.29. The summed E-state index contributed by atoms with van der Waals surface area (Å²) in [5, 5.41) is 1.66. The van der Waals surface area contributed by atoms with Crippen molar-refractivity contribution in [2.75, 3.05) is 34.2 Å². The van der Waals surface area contributed by atoms with Crippen molar-refractivity contribution >= 4 is 5.91 Å².